The Bertz CT molecular complexity index is 686. The second-order valence-corrected chi connectivity index (χ2v) is 7.42. The van der Waals surface area contributed by atoms with Gasteiger partial charge in [-0.2, -0.15) is 0 Å². The Morgan fingerprint density at radius 2 is 1.66 bits per heavy atom. The molecule has 1 unspecified atom stereocenters. The quantitative estimate of drug-likeness (QED) is 0.353. The number of carbonyl (C=O) groups excluding carboxylic acids is 6. The summed E-state index contributed by atoms with van der Waals surface area (Å²) in [5.41, 5.74) is 0. The number of rotatable bonds is 11. The van der Waals surface area contributed by atoms with Gasteiger partial charge < -0.3 is 9.57 Å². The number of ether oxygens (including phenoxy) is 1. The van der Waals surface area contributed by atoms with Crippen LogP contribution in [0.2, 0.25) is 0 Å². The van der Waals surface area contributed by atoms with Crippen molar-refractivity contribution in [2.24, 2.45) is 11.8 Å². The maximum atomic E-state index is 12.2. The Hall–Kier alpha value is -2.62. The van der Waals surface area contributed by atoms with Gasteiger partial charge in [0.25, 0.3) is 11.8 Å². The summed E-state index contributed by atoms with van der Waals surface area (Å²) in [4.78, 5) is 76.1. The molecule has 10 heteroatoms. The minimum atomic E-state index is -0.754. The van der Waals surface area contributed by atoms with Crippen LogP contribution in [0.3, 0.4) is 0 Å². The summed E-state index contributed by atoms with van der Waals surface area (Å²) in [6, 6.07) is 0. The van der Waals surface area contributed by atoms with Crippen LogP contribution in [0.25, 0.3) is 0 Å². The van der Waals surface area contributed by atoms with E-state index in [-0.39, 0.29) is 81.3 Å². The molecule has 0 aromatic carbocycles. The fourth-order valence-electron chi connectivity index (χ4n) is 3.09. The van der Waals surface area contributed by atoms with E-state index in [0.29, 0.717) is 11.5 Å². The average molecular weight is 410 g/mol. The minimum Gasteiger partial charge on any atom is -0.381 e. The molecule has 0 aromatic rings. The summed E-state index contributed by atoms with van der Waals surface area (Å²) in [5, 5.41) is 0.478. The minimum absolute atomic E-state index is 0.0163. The first-order valence-corrected chi connectivity index (χ1v) is 9.71. The Morgan fingerprint density at radius 3 is 2.24 bits per heavy atom. The highest BCUT2D eigenvalue weighted by Crippen LogP contribution is 2.26. The molecule has 0 bridgehead atoms. The summed E-state index contributed by atoms with van der Waals surface area (Å²) < 4.78 is 5.24. The van der Waals surface area contributed by atoms with Crippen LogP contribution in [-0.2, 0) is 38.3 Å². The monoisotopic (exact) mass is 410 g/mol. The van der Waals surface area contributed by atoms with E-state index in [1.54, 1.807) is 0 Å². The SMILES string of the molecule is CC(C)C1CC(=O)N(CC(=O)CCCOCCC(=O)ON2C(=O)CCC2=O)C1=O. The van der Waals surface area contributed by atoms with Gasteiger partial charge in [0.05, 0.1) is 19.6 Å². The number of imide groups is 2. The first-order valence-electron chi connectivity index (χ1n) is 9.71. The van der Waals surface area contributed by atoms with Gasteiger partial charge in [-0.05, 0) is 12.3 Å². The Morgan fingerprint density at radius 1 is 1.00 bits per heavy atom. The maximum absolute atomic E-state index is 12.2. The number of amides is 4. The second kappa shape index (κ2) is 10.2. The largest absolute Gasteiger partial charge is 0.381 e. The zero-order valence-corrected chi connectivity index (χ0v) is 16.7. The van der Waals surface area contributed by atoms with Crippen molar-refractivity contribution in [1.29, 1.82) is 0 Å². The molecule has 0 radical (unpaired) electrons. The fraction of sp³-hybridized carbons (Fsp3) is 0.684. The molecular formula is C19H26N2O8. The lowest BCUT2D eigenvalue weighted by Gasteiger charge is -2.15. The van der Waals surface area contributed by atoms with Crippen molar-refractivity contribution in [2.45, 2.75) is 52.4 Å². The lowest BCUT2D eigenvalue weighted by Crippen LogP contribution is -2.36. The van der Waals surface area contributed by atoms with Crippen LogP contribution in [0.15, 0.2) is 0 Å². The molecule has 2 aliphatic heterocycles. The van der Waals surface area contributed by atoms with Gasteiger partial charge in [-0.1, -0.05) is 13.8 Å². The van der Waals surface area contributed by atoms with Crippen molar-refractivity contribution in [3.8, 4) is 0 Å². The first kappa shape index (κ1) is 22.7. The van der Waals surface area contributed by atoms with Crippen LogP contribution in [0.5, 0.6) is 0 Å². The van der Waals surface area contributed by atoms with Gasteiger partial charge in [-0.25, -0.2) is 4.79 Å². The molecule has 0 aromatic heterocycles. The van der Waals surface area contributed by atoms with E-state index in [1.165, 1.54) is 0 Å². The number of hydroxylamine groups is 2. The Kier molecular flexibility index (Phi) is 8.00. The van der Waals surface area contributed by atoms with E-state index in [4.69, 9.17) is 9.57 Å². The van der Waals surface area contributed by atoms with Crippen molar-refractivity contribution in [1.82, 2.24) is 9.96 Å². The zero-order chi connectivity index (χ0) is 21.6. The highest BCUT2D eigenvalue weighted by atomic mass is 16.7. The van der Waals surface area contributed by atoms with E-state index in [1.807, 2.05) is 13.8 Å². The number of Topliss-reactive ketones (excluding diaryl/α,β-unsaturated/α-hetero) is 1. The lowest BCUT2D eigenvalue weighted by molar-refractivity contribution is -0.198. The molecule has 2 rings (SSSR count). The number of nitrogens with zero attached hydrogens (tertiary/aromatic N) is 2. The molecule has 10 nitrogen and oxygen atoms in total. The smallest absolute Gasteiger partial charge is 0.335 e. The van der Waals surface area contributed by atoms with Gasteiger partial charge >= 0.3 is 5.97 Å². The fourth-order valence-corrected chi connectivity index (χ4v) is 3.09. The molecule has 29 heavy (non-hydrogen) atoms. The molecule has 0 N–H and O–H groups in total. The highest BCUT2D eigenvalue weighted by Gasteiger charge is 2.40. The summed E-state index contributed by atoms with van der Waals surface area (Å²) in [5.74, 6) is -2.98. The molecule has 2 fully saturated rings. The second-order valence-electron chi connectivity index (χ2n) is 7.42. The Labute approximate surface area is 168 Å². The van der Waals surface area contributed by atoms with Crippen molar-refractivity contribution in [2.75, 3.05) is 19.8 Å². The number of likely N-dealkylation sites (tertiary alicyclic amines) is 1. The number of carbonyl (C=O) groups is 6. The van der Waals surface area contributed by atoms with Gasteiger partial charge in [0, 0.05) is 38.2 Å². The lowest BCUT2D eigenvalue weighted by atomic mass is 9.94. The van der Waals surface area contributed by atoms with E-state index >= 15 is 0 Å². The van der Waals surface area contributed by atoms with Crippen LogP contribution in [0, 0.1) is 11.8 Å². The standard InChI is InChI=1S/C19H26N2O8/c1-12(2)14-10-17(25)20(19(14)27)11-13(22)4-3-8-28-9-7-18(26)29-21-15(23)5-6-16(21)24/h12,14H,3-11H2,1-2H3. The number of ketones is 1. The van der Waals surface area contributed by atoms with Crippen molar-refractivity contribution in [3.63, 3.8) is 0 Å². The molecule has 4 amide bonds. The summed E-state index contributed by atoms with van der Waals surface area (Å²) in [7, 11) is 0. The number of hydrogen-bond acceptors (Lipinski definition) is 8. The van der Waals surface area contributed by atoms with E-state index in [2.05, 4.69) is 0 Å². The van der Waals surface area contributed by atoms with Gasteiger partial charge in [0.1, 0.15) is 0 Å². The summed E-state index contributed by atoms with van der Waals surface area (Å²) in [6.45, 7) is 3.74. The van der Waals surface area contributed by atoms with E-state index < -0.39 is 17.8 Å². The molecule has 2 saturated heterocycles. The third-order valence-electron chi connectivity index (χ3n) is 4.81. The molecule has 0 saturated carbocycles. The number of hydrogen-bond donors (Lipinski definition) is 0. The molecule has 2 aliphatic rings. The summed E-state index contributed by atoms with van der Waals surface area (Å²) >= 11 is 0. The van der Waals surface area contributed by atoms with Gasteiger partial charge in [0.2, 0.25) is 11.8 Å². The molecule has 160 valence electrons. The third-order valence-corrected chi connectivity index (χ3v) is 4.81. The molecular weight excluding hydrogens is 384 g/mol. The van der Waals surface area contributed by atoms with E-state index in [0.717, 1.165) is 4.90 Å². The van der Waals surface area contributed by atoms with Crippen LogP contribution < -0.4 is 0 Å². The molecule has 1 atom stereocenters. The molecule has 0 spiro atoms. The Balaban J connectivity index is 1.57. The van der Waals surface area contributed by atoms with E-state index in [9.17, 15) is 28.8 Å². The summed E-state index contributed by atoms with van der Waals surface area (Å²) in [6.07, 6.45) is 0.591. The molecule has 0 aliphatic carbocycles. The molecule has 2 heterocycles. The predicted molar refractivity (Wildman–Crippen MR) is 96.5 cm³/mol. The average Bonchev–Trinajstić information content (AvgIpc) is 3.12. The van der Waals surface area contributed by atoms with Gasteiger partial charge in [0.15, 0.2) is 5.78 Å². The van der Waals surface area contributed by atoms with Crippen LogP contribution in [-0.4, -0.2) is 65.1 Å². The van der Waals surface area contributed by atoms with Crippen molar-refractivity contribution >= 4 is 35.4 Å². The third kappa shape index (κ3) is 6.18. The van der Waals surface area contributed by atoms with Crippen LogP contribution in [0.1, 0.15) is 52.4 Å². The van der Waals surface area contributed by atoms with Crippen LogP contribution in [0.4, 0.5) is 0 Å². The van der Waals surface area contributed by atoms with Gasteiger partial charge in [-0.3, -0.25) is 28.9 Å². The van der Waals surface area contributed by atoms with Crippen molar-refractivity contribution < 1.29 is 38.3 Å². The van der Waals surface area contributed by atoms with Crippen molar-refractivity contribution in [3.05, 3.63) is 0 Å². The zero-order valence-electron chi connectivity index (χ0n) is 16.7. The van der Waals surface area contributed by atoms with Gasteiger partial charge in [-0.15, -0.1) is 5.06 Å². The topological polar surface area (TPSA) is 127 Å². The highest BCUT2D eigenvalue weighted by molar-refractivity contribution is 6.06. The normalized spacial score (nSPS) is 19.6. The van der Waals surface area contributed by atoms with Crippen LogP contribution >= 0.6 is 0 Å². The first-order chi connectivity index (χ1) is 13.7. The predicted octanol–water partition coefficient (Wildman–Crippen LogP) is 0.381. The maximum Gasteiger partial charge on any atom is 0.335 e.